The average Bonchev–Trinajstić information content (AvgIpc) is 2.38. The highest BCUT2D eigenvalue weighted by molar-refractivity contribution is 5.28. The zero-order valence-corrected chi connectivity index (χ0v) is 12.7. The number of nitrogens with two attached hydrogens (primary N) is 1. The van der Waals surface area contributed by atoms with Gasteiger partial charge in [-0.1, -0.05) is 12.1 Å². The Labute approximate surface area is 123 Å². The number of alkyl halides is 3. The fourth-order valence-corrected chi connectivity index (χ4v) is 2.08. The van der Waals surface area contributed by atoms with Gasteiger partial charge in [0, 0.05) is 19.1 Å². The lowest BCUT2D eigenvalue weighted by Crippen LogP contribution is -2.33. The molecular formula is C15H23F3N2O. The van der Waals surface area contributed by atoms with Gasteiger partial charge in [0.05, 0.1) is 18.3 Å². The molecule has 1 aromatic rings. The maximum Gasteiger partial charge on any atom is 0.416 e. The Morgan fingerprint density at radius 2 is 1.95 bits per heavy atom. The third kappa shape index (κ3) is 5.65. The summed E-state index contributed by atoms with van der Waals surface area (Å²) >= 11 is 0. The predicted molar refractivity (Wildman–Crippen MR) is 77.0 cm³/mol. The largest absolute Gasteiger partial charge is 0.416 e. The normalized spacial score (nSPS) is 14.0. The first kappa shape index (κ1) is 17.9. The van der Waals surface area contributed by atoms with Crippen LogP contribution < -0.4 is 5.73 Å². The molecule has 0 aliphatic carbocycles. The van der Waals surface area contributed by atoms with Crippen molar-refractivity contribution in [2.45, 2.75) is 32.2 Å². The number of hydrogen-bond donors (Lipinski definition) is 1. The molecule has 3 nitrogen and oxygen atoms in total. The van der Waals surface area contributed by atoms with E-state index in [1.54, 1.807) is 6.07 Å². The predicted octanol–water partition coefficient (Wildman–Crippen LogP) is 3.06. The van der Waals surface area contributed by atoms with Gasteiger partial charge in [0.25, 0.3) is 0 Å². The maximum atomic E-state index is 12.8. The van der Waals surface area contributed by atoms with Gasteiger partial charge in [0.2, 0.25) is 0 Å². The zero-order chi connectivity index (χ0) is 16.0. The van der Waals surface area contributed by atoms with Gasteiger partial charge in [0.15, 0.2) is 0 Å². The summed E-state index contributed by atoms with van der Waals surface area (Å²) in [6.07, 6.45) is -4.21. The second-order valence-electron chi connectivity index (χ2n) is 5.27. The van der Waals surface area contributed by atoms with Crippen LogP contribution in [0, 0.1) is 0 Å². The van der Waals surface area contributed by atoms with Crippen molar-refractivity contribution < 1.29 is 17.9 Å². The van der Waals surface area contributed by atoms with Crippen LogP contribution in [-0.2, 0) is 10.9 Å². The molecule has 21 heavy (non-hydrogen) atoms. The highest BCUT2D eigenvalue weighted by atomic mass is 19.4. The van der Waals surface area contributed by atoms with E-state index in [0.29, 0.717) is 18.7 Å². The molecule has 6 heteroatoms. The van der Waals surface area contributed by atoms with Crippen molar-refractivity contribution in [2.75, 3.05) is 26.7 Å². The van der Waals surface area contributed by atoms with Crippen LogP contribution in [0.25, 0.3) is 0 Å². The van der Waals surface area contributed by atoms with Gasteiger partial charge in [0.1, 0.15) is 0 Å². The minimum atomic E-state index is -4.34. The van der Waals surface area contributed by atoms with Gasteiger partial charge in [-0.2, -0.15) is 13.2 Å². The molecule has 0 bridgehead atoms. The Kier molecular flexibility index (Phi) is 6.64. The third-order valence-electron chi connectivity index (χ3n) is 3.25. The van der Waals surface area contributed by atoms with Crippen molar-refractivity contribution in [1.29, 1.82) is 0 Å². The number of benzene rings is 1. The number of ether oxygens (including phenoxy) is 1. The molecule has 0 aliphatic rings. The number of rotatable bonds is 7. The highest BCUT2D eigenvalue weighted by Gasteiger charge is 2.31. The average molecular weight is 304 g/mol. The Morgan fingerprint density at radius 3 is 2.48 bits per heavy atom. The van der Waals surface area contributed by atoms with Crippen molar-refractivity contribution >= 4 is 0 Å². The van der Waals surface area contributed by atoms with E-state index in [0.717, 1.165) is 12.1 Å². The first-order chi connectivity index (χ1) is 9.75. The maximum absolute atomic E-state index is 12.8. The lowest BCUT2D eigenvalue weighted by Gasteiger charge is -2.28. The van der Waals surface area contributed by atoms with E-state index in [1.165, 1.54) is 6.07 Å². The summed E-state index contributed by atoms with van der Waals surface area (Å²) in [5.41, 5.74) is 5.65. The van der Waals surface area contributed by atoms with E-state index in [-0.39, 0.29) is 18.7 Å². The summed E-state index contributed by atoms with van der Waals surface area (Å²) in [5, 5.41) is 0. The lowest BCUT2D eigenvalue weighted by atomic mass is 10.0. The second kappa shape index (κ2) is 7.77. The minimum absolute atomic E-state index is 0.128. The van der Waals surface area contributed by atoms with Crippen LogP contribution in [0.2, 0.25) is 0 Å². The van der Waals surface area contributed by atoms with E-state index in [1.807, 2.05) is 25.8 Å². The molecule has 2 N–H and O–H groups in total. The van der Waals surface area contributed by atoms with Crippen molar-refractivity contribution in [3.05, 3.63) is 35.4 Å². The van der Waals surface area contributed by atoms with Crippen LogP contribution in [0.1, 0.15) is 31.0 Å². The number of halogens is 3. The van der Waals surface area contributed by atoms with Crippen LogP contribution >= 0.6 is 0 Å². The van der Waals surface area contributed by atoms with E-state index in [9.17, 15) is 13.2 Å². The molecule has 120 valence electrons. The van der Waals surface area contributed by atoms with Crippen LogP contribution in [0.5, 0.6) is 0 Å². The number of likely N-dealkylation sites (N-methyl/N-ethyl adjacent to an activating group) is 1. The summed E-state index contributed by atoms with van der Waals surface area (Å²) < 4.78 is 43.7. The van der Waals surface area contributed by atoms with E-state index in [4.69, 9.17) is 10.5 Å². The Balaban J connectivity index is 2.79. The lowest BCUT2D eigenvalue weighted by molar-refractivity contribution is -0.137. The second-order valence-corrected chi connectivity index (χ2v) is 5.27. The zero-order valence-electron chi connectivity index (χ0n) is 12.7. The topological polar surface area (TPSA) is 38.5 Å². The molecule has 0 spiro atoms. The van der Waals surface area contributed by atoms with Crippen molar-refractivity contribution in [3.8, 4) is 0 Å². The summed E-state index contributed by atoms with van der Waals surface area (Å²) in [5.74, 6) is 0. The molecule has 1 atom stereocenters. The van der Waals surface area contributed by atoms with E-state index >= 15 is 0 Å². The van der Waals surface area contributed by atoms with Gasteiger partial charge in [-0.3, -0.25) is 4.90 Å². The molecule has 1 unspecified atom stereocenters. The molecule has 0 aromatic heterocycles. The van der Waals surface area contributed by atoms with Gasteiger partial charge < -0.3 is 10.5 Å². The molecule has 0 saturated heterocycles. The van der Waals surface area contributed by atoms with Crippen LogP contribution in [0.4, 0.5) is 13.2 Å². The summed E-state index contributed by atoms with van der Waals surface area (Å²) in [6, 6.07) is 5.06. The molecule has 0 fully saturated rings. The first-order valence-corrected chi connectivity index (χ1v) is 6.94. The molecule has 1 aromatic carbocycles. The van der Waals surface area contributed by atoms with E-state index < -0.39 is 11.7 Å². The Hall–Kier alpha value is -1.11. The van der Waals surface area contributed by atoms with Gasteiger partial charge in [-0.15, -0.1) is 0 Å². The third-order valence-corrected chi connectivity index (χ3v) is 3.25. The Bertz CT molecular complexity index is 435. The van der Waals surface area contributed by atoms with Crippen LogP contribution in [-0.4, -0.2) is 37.7 Å². The van der Waals surface area contributed by atoms with Gasteiger partial charge in [-0.25, -0.2) is 0 Å². The fraction of sp³-hybridized carbons (Fsp3) is 0.600. The summed E-state index contributed by atoms with van der Waals surface area (Å²) in [4.78, 5) is 1.91. The number of nitrogens with zero attached hydrogens (tertiary/aromatic N) is 1. The van der Waals surface area contributed by atoms with Gasteiger partial charge >= 0.3 is 6.18 Å². The van der Waals surface area contributed by atoms with Crippen molar-refractivity contribution in [3.63, 3.8) is 0 Å². The molecular weight excluding hydrogens is 281 g/mol. The molecule has 0 aliphatic heterocycles. The van der Waals surface area contributed by atoms with Crippen LogP contribution in [0.15, 0.2) is 24.3 Å². The molecule has 0 radical (unpaired) electrons. The standard InChI is InChI=1S/C15H23F3N2O/c1-11(2)21-8-7-20(3)14(10-19)12-5-4-6-13(9-12)15(16,17)18/h4-6,9,11,14H,7-8,10,19H2,1-3H3. The summed E-state index contributed by atoms with van der Waals surface area (Å²) in [7, 11) is 1.83. The smallest absolute Gasteiger partial charge is 0.377 e. The monoisotopic (exact) mass is 304 g/mol. The molecule has 0 amide bonds. The highest BCUT2D eigenvalue weighted by Crippen LogP contribution is 2.31. The Morgan fingerprint density at radius 1 is 1.29 bits per heavy atom. The van der Waals surface area contributed by atoms with E-state index in [2.05, 4.69) is 0 Å². The molecule has 1 rings (SSSR count). The summed E-state index contributed by atoms with van der Waals surface area (Å²) in [6.45, 7) is 5.25. The number of hydrogen-bond acceptors (Lipinski definition) is 3. The SMILES string of the molecule is CC(C)OCCN(C)C(CN)c1cccc(C(F)(F)F)c1. The van der Waals surface area contributed by atoms with Crippen molar-refractivity contribution in [1.82, 2.24) is 4.90 Å². The minimum Gasteiger partial charge on any atom is -0.377 e. The quantitative estimate of drug-likeness (QED) is 0.841. The van der Waals surface area contributed by atoms with Crippen molar-refractivity contribution in [2.24, 2.45) is 5.73 Å². The first-order valence-electron chi connectivity index (χ1n) is 6.94. The van der Waals surface area contributed by atoms with Crippen LogP contribution in [0.3, 0.4) is 0 Å². The molecule has 0 saturated carbocycles. The van der Waals surface area contributed by atoms with Gasteiger partial charge in [-0.05, 0) is 38.6 Å². The molecule has 0 heterocycles. The fourth-order valence-electron chi connectivity index (χ4n) is 2.08.